The van der Waals surface area contributed by atoms with E-state index in [9.17, 15) is 0 Å². The smallest absolute Gasteiger partial charge is 0.0472 e. The predicted molar refractivity (Wildman–Crippen MR) is 75.2 cm³/mol. The molecule has 0 spiro atoms. The van der Waals surface area contributed by atoms with Gasteiger partial charge < -0.3 is 5.32 Å². The fourth-order valence-electron chi connectivity index (χ4n) is 2.05. The maximum Gasteiger partial charge on any atom is 0.0472 e. The lowest BCUT2D eigenvalue weighted by atomic mass is 10.0. The Bertz CT molecular complexity index is 297. The molecule has 0 saturated carbocycles. The van der Waals surface area contributed by atoms with Gasteiger partial charge in [-0.25, -0.2) is 0 Å². The average molecular weight is 234 g/mol. The highest BCUT2D eigenvalue weighted by Crippen LogP contribution is 2.21. The Morgan fingerprint density at radius 1 is 1.18 bits per heavy atom. The summed E-state index contributed by atoms with van der Waals surface area (Å²) in [4.78, 5) is 2.47. The van der Waals surface area contributed by atoms with Crippen molar-refractivity contribution in [3.8, 4) is 0 Å². The van der Waals surface area contributed by atoms with Gasteiger partial charge in [-0.1, -0.05) is 44.2 Å². The van der Waals surface area contributed by atoms with Gasteiger partial charge in [0.25, 0.3) is 0 Å². The molecule has 1 aromatic carbocycles. The zero-order valence-electron chi connectivity index (χ0n) is 11.6. The second-order valence-corrected chi connectivity index (χ2v) is 4.66. The highest BCUT2D eigenvalue weighted by Gasteiger charge is 2.19. The van der Waals surface area contributed by atoms with Crippen LogP contribution in [0.5, 0.6) is 0 Å². The lowest BCUT2D eigenvalue weighted by Gasteiger charge is -2.33. The Labute approximate surface area is 106 Å². The Morgan fingerprint density at radius 3 is 2.35 bits per heavy atom. The zero-order valence-corrected chi connectivity index (χ0v) is 11.6. The van der Waals surface area contributed by atoms with Gasteiger partial charge in [0.05, 0.1) is 0 Å². The third kappa shape index (κ3) is 4.14. The normalized spacial score (nSPS) is 14.9. The summed E-state index contributed by atoms with van der Waals surface area (Å²) in [5.74, 6) is 0. The zero-order chi connectivity index (χ0) is 12.7. The lowest BCUT2D eigenvalue weighted by molar-refractivity contribution is 0.177. The SMILES string of the molecule is CCNCC(c1ccccc1)N(C)C(C)CC. The molecule has 0 amide bonds. The summed E-state index contributed by atoms with van der Waals surface area (Å²) >= 11 is 0. The number of nitrogens with zero attached hydrogens (tertiary/aromatic N) is 1. The van der Waals surface area contributed by atoms with Crippen molar-refractivity contribution in [1.29, 1.82) is 0 Å². The number of benzene rings is 1. The van der Waals surface area contributed by atoms with Crippen LogP contribution in [-0.4, -0.2) is 31.1 Å². The van der Waals surface area contributed by atoms with Gasteiger partial charge in [-0.05, 0) is 32.5 Å². The first kappa shape index (κ1) is 14.2. The van der Waals surface area contributed by atoms with Crippen LogP contribution in [0.1, 0.15) is 38.8 Å². The molecule has 2 nitrogen and oxygen atoms in total. The molecule has 2 atom stereocenters. The van der Waals surface area contributed by atoms with E-state index in [4.69, 9.17) is 0 Å². The molecule has 0 saturated heterocycles. The van der Waals surface area contributed by atoms with Gasteiger partial charge in [-0.3, -0.25) is 4.90 Å². The van der Waals surface area contributed by atoms with Crippen LogP contribution in [0.25, 0.3) is 0 Å². The van der Waals surface area contributed by atoms with Gasteiger partial charge in [0.1, 0.15) is 0 Å². The van der Waals surface area contributed by atoms with Crippen molar-refractivity contribution < 1.29 is 0 Å². The van der Waals surface area contributed by atoms with E-state index < -0.39 is 0 Å². The van der Waals surface area contributed by atoms with Gasteiger partial charge in [-0.15, -0.1) is 0 Å². The highest BCUT2D eigenvalue weighted by molar-refractivity contribution is 5.19. The minimum Gasteiger partial charge on any atom is -0.315 e. The van der Waals surface area contributed by atoms with Crippen molar-refractivity contribution in [3.63, 3.8) is 0 Å². The Morgan fingerprint density at radius 2 is 1.82 bits per heavy atom. The Balaban J connectivity index is 2.80. The Kier molecular flexibility index (Phi) is 6.23. The minimum absolute atomic E-state index is 0.464. The molecule has 2 heteroatoms. The molecular formula is C15H26N2. The van der Waals surface area contributed by atoms with E-state index in [1.54, 1.807) is 0 Å². The van der Waals surface area contributed by atoms with Crippen LogP contribution in [0, 0.1) is 0 Å². The van der Waals surface area contributed by atoms with E-state index in [-0.39, 0.29) is 0 Å². The number of likely N-dealkylation sites (N-methyl/N-ethyl adjacent to an activating group) is 2. The first-order valence-corrected chi connectivity index (χ1v) is 6.68. The molecule has 1 N–H and O–H groups in total. The van der Waals surface area contributed by atoms with Gasteiger partial charge in [0, 0.05) is 18.6 Å². The molecule has 2 unspecified atom stereocenters. The average Bonchev–Trinajstić information content (AvgIpc) is 2.39. The minimum atomic E-state index is 0.464. The summed E-state index contributed by atoms with van der Waals surface area (Å²) in [6, 6.07) is 11.8. The van der Waals surface area contributed by atoms with E-state index in [1.165, 1.54) is 12.0 Å². The van der Waals surface area contributed by atoms with Gasteiger partial charge in [-0.2, -0.15) is 0 Å². The lowest BCUT2D eigenvalue weighted by Crippen LogP contribution is -2.38. The first-order chi connectivity index (χ1) is 8.20. The predicted octanol–water partition coefficient (Wildman–Crippen LogP) is 3.07. The second-order valence-electron chi connectivity index (χ2n) is 4.66. The molecule has 0 heterocycles. The number of hydrogen-bond acceptors (Lipinski definition) is 2. The molecule has 0 bridgehead atoms. The van der Waals surface area contributed by atoms with Crippen LogP contribution in [0.15, 0.2) is 30.3 Å². The van der Waals surface area contributed by atoms with Gasteiger partial charge >= 0.3 is 0 Å². The van der Waals surface area contributed by atoms with E-state index in [2.05, 4.69) is 68.4 Å². The van der Waals surface area contributed by atoms with Crippen LogP contribution < -0.4 is 5.32 Å². The van der Waals surface area contributed by atoms with Crippen molar-refractivity contribution in [2.75, 3.05) is 20.1 Å². The van der Waals surface area contributed by atoms with Crippen LogP contribution in [0.4, 0.5) is 0 Å². The summed E-state index contributed by atoms with van der Waals surface area (Å²) in [6.45, 7) is 8.74. The van der Waals surface area contributed by atoms with Crippen molar-refractivity contribution in [2.45, 2.75) is 39.3 Å². The molecule has 0 aromatic heterocycles. The number of nitrogens with one attached hydrogen (secondary N) is 1. The van der Waals surface area contributed by atoms with Gasteiger partial charge in [0.15, 0.2) is 0 Å². The van der Waals surface area contributed by atoms with E-state index in [0.717, 1.165) is 13.1 Å². The molecule has 96 valence electrons. The van der Waals surface area contributed by atoms with Crippen molar-refractivity contribution in [3.05, 3.63) is 35.9 Å². The molecule has 0 aliphatic carbocycles. The first-order valence-electron chi connectivity index (χ1n) is 6.68. The quantitative estimate of drug-likeness (QED) is 0.780. The van der Waals surface area contributed by atoms with E-state index in [1.807, 2.05) is 0 Å². The third-order valence-electron chi connectivity index (χ3n) is 3.55. The molecule has 1 aromatic rings. The van der Waals surface area contributed by atoms with Crippen LogP contribution in [0.3, 0.4) is 0 Å². The van der Waals surface area contributed by atoms with Crippen molar-refractivity contribution >= 4 is 0 Å². The fourth-order valence-corrected chi connectivity index (χ4v) is 2.05. The van der Waals surface area contributed by atoms with Gasteiger partial charge in [0.2, 0.25) is 0 Å². The summed E-state index contributed by atoms with van der Waals surface area (Å²) in [5.41, 5.74) is 1.40. The van der Waals surface area contributed by atoms with E-state index in [0.29, 0.717) is 12.1 Å². The highest BCUT2D eigenvalue weighted by atomic mass is 15.2. The number of rotatable bonds is 7. The molecule has 1 rings (SSSR count). The molecule has 0 fully saturated rings. The molecule has 17 heavy (non-hydrogen) atoms. The third-order valence-corrected chi connectivity index (χ3v) is 3.55. The summed E-state index contributed by atoms with van der Waals surface area (Å²) < 4.78 is 0. The maximum absolute atomic E-state index is 3.47. The Hall–Kier alpha value is -0.860. The summed E-state index contributed by atoms with van der Waals surface area (Å²) in [6.07, 6.45) is 1.19. The molecular weight excluding hydrogens is 208 g/mol. The van der Waals surface area contributed by atoms with Crippen LogP contribution in [0.2, 0.25) is 0 Å². The maximum atomic E-state index is 3.47. The van der Waals surface area contributed by atoms with Crippen molar-refractivity contribution in [1.82, 2.24) is 10.2 Å². The monoisotopic (exact) mass is 234 g/mol. The molecule has 0 aliphatic rings. The standard InChI is InChI=1S/C15H26N2/c1-5-13(3)17(4)15(12-16-6-2)14-10-8-7-9-11-14/h7-11,13,15-16H,5-6,12H2,1-4H3. The van der Waals surface area contributed by atoms with Crippen LogP contribution >= 0.6 is 0 Å². The van der Waals surface area contributed by atoms with Crippen LogP contribution in [-0.2, 0) is 0 Å². The van der Waals surface area contributed by atoms with E-state index >= 15 is 0 Å². The fraction of sp³-hybridized carbons (Fsp3) is 0.600. The second kappa shape index (κ2) is 7.46. The van der Waals surface area contributed by atoms with Crippen molar-refractivity contribution in [2.24, 2.45) is 0 Å². The largest absolute Gasteiger partial charge is 0.315 e. The summed E-state index contributed by atoms with van der Waals surface area (Å²) in [5, 5.41) is 3.47. The topological polar surface area (TPSA) is 15.3 Å². The molecule has 0 radical (unpaired) electrons. The summed E-state index contributed by atoms with van der Waals surface area (Å²) in [7, 11) is 2.23. The number of hydrogen-bond donors (Lipinski definition) is 1. The molecule has 0 aliphatic heterocycles.